The van der Waals surface area contributed by atoms with Crippen LogP contribution in [0.15, 0.2) is 11.9 Å². The zero-order chi connectivity index (χ0) is 6.57. The topological polar surface area (TPSA) is 0 Å². The molecule has 0 heterocycles. The zero-order valence-corrected chi connectivity index (χ0v) is 5.07. The molecule has 8 heavy (non-hydrogen) atoms. The number of rotatable bonds is 2. The van der Waals surface area contributed by atoms with Gasteiger partial charge in [-0.3, -0.25) is 0 Å². The summed E-state index contributed by atoms with van der Waals surface area (Å²) in [6.45, 7) is 0. The van der Waals surface area contributed by atoms with Crippen LogP contribution in [0.2, 0.25) is 0 Å². The molecule has 48 valence electrons. The molecule has 0 fully saturated rings. The van der Waals surface area contributed by atoms with Gasteiger partial charge in [-0.25, -0.2) is 4.39 Å². The first-order valence-electron chi connectivity index (χ1n) is 1.87. The summed E-state index contributed by atoms with van der Waals surface area (Å²) in [5.41, 5.74) is 0. The van der Waals surface area contributed by atoms with E-state index in [0.717, 1.165) is 11.8 Å². The highest BCUT2D eigenvalue weighted by Crippen LogP contribution is 2.12. The molecule has 0 atom stereocenters. The first-order valence-corrected chi connectivity index (χ1v) is 3.26. The molecule has 0 amide bonds. The number of halogens is 3. The maximum absolute atomic E-state index is 11.6. The highest BCUT2D eigenvalue weighted by molar-refractivity contribution is 7.98. The van der Waals surface area contributed by atoms with Gasteiger partial charge in [0.05, 0.1) is 5.75 Å². The van der Waals surface area contributed by atoms with Crippen molar-refractivity contribution in [3.05, 3.63) is 11.9 Å². The number of hydrogen-bond acceptors (Lipinski definition) is 1. The van der Waals surface area contributed by atoms with Crippen LogP contribution in [0.5, 0.6) is 0 Å². The third kappa shape index (κ3) is 2.96. The molecule has 0 saturated heterocycles. The average Bonchev–Trinajstić information content (AvgIpc) is 1.67. The van der Waals surface area contributed by atoms with E-state index in [9.17, 15) is 13.2 Å². The van der Waals surface area contributed by atoms with Crippen LogP contribution in [0.4, 0.5) is 13.2 Å². The van der Waals surface area contributed by atoms with Gasteiger partial charge in [0.1, 0.15) is 0 Å². The smallest absolute Gasteiger partial charge is 0.205 e. The summed E-state index contributed by atoms with van der Waals surface area (Å²) in [6, 6.07) is 0. The Morgan fingerprint density at radius 3 is 2.00 bits per heavy atom. The summed E-state index contributed by atoms with van der Waals surface area (Å²) in [5, 5.41) is 0. The molecule has 0 bridgehead atoms. The summed E-state index contributed by atoms with van der Waals surface area (Å²) in [4.78, 5) is 0. The highest BCUT2D eigenvalue weighted by Gasteiger charge is 2.01. The normalized spacial score (nSPS) is 9.00. The Balaban J connectivity index is 3.62. The second kappa shape index (κ2) is 3.83. The lowest BCUT2D eigenvalue weighted by Gasteiger charge is -1.87. The van der Waals surface area contributed by atoms with Crippen molar-refractivity contribution >= 4 is 11.8 Å². The minimum atomic E-state index is -2.21. The van der Waals surface area contributed by atoms with Gasteiger partial charge in [0.25, 0.3) is 0 Å². The maximum atomic E-state index is 11.6. The van der Waals surface area contributed by atoms with Gasteiger partial charge in [0, 0.05) is 0 Å². The molecule has 0 unspecified atom stereocenters. The van der Waals surface area contributed by atoms with Gasteiger partial charge < -0.3 is 0 Å². The molecule has 0 nitrogen and oxygen atoms in total. The van der Waals surface area contributed by atoms with Crippen molar-refractivity contribution in [1.29, 1.82) is 0 Å². The van der Waals surface area contributed by atoms with E-state index in [2.05, 4.69) is 0 Å². The Bertz CT molecular complexity index is 95.5. The third-order valence-corrected chi connectivity index (χ3v) is 1.02. The number of thioether (sulfide) groups is 1. The summed E-state index contributed by atoms with van der Waals surface area (Å²) >= 11 is 1.03. The fourth-order valence-corrected chi connectivity index (χ4v) is 0.544. The lowest BCUT2D eigenvalue weighted by atomic mass is 10.7. The lowest BCUT2D eigenvalue weighted by Crippen LogP contribution is -1.78. The van der Waals surface area contributed by atoms with Crippen LogP contribution in [0.25, 0.3) is 0 Å². The van der Waals surface area contributed by atoms with Crippen LogP contribution in [0.1, 0.15) is 0 Å². The Kier molecular flexibility index (Phi) is 3.77. The van der Waals surface area contributed by atoms with E-state index in [0.29, 0.717) is 0 Å². The molecule has 0 aromatic heterocycles. The molecular formula is C4H5F3S. The first-order chi connectivity index (χ1) is 3.68. The molecule has 0 radical (unpaired) electrons. The van der Waals surface area contributed by atoms with Crippen LogP contribution in [-0.2, 0) is 0 Å². The van der Waals surface area contributed by atoms with E-state index in [-0.39, 0.29) is 5.75 Å². The number of hydrogen-bond donors (Lipinski definition) is 0. The molecule has 0 aliphatic rings. The maximum Gasteiger partial charge on any atom is 0.302 e. The SMILES string of the molecule is CSCC(F)=C(F)F. The van der Waals surface area contributed by atoms with Gasteiger partial charge >= 0.3 is 6.08 Å². The first kappa shape index (κ1) is 7.88. The van der Waals surface area contributed by atoms with Crippen molar-refractivity contribution in [2.24, 2.45) is 0 Å². The molecule has 0 rings (SSSR count). The molecule has 0 aromatic rings. The second-order valence-electron chi connectivity index (χ2n) is 1.10. The molecule has 0 saturated carbocycles. The van der Waals surface area contributed by atoms with Crippen molar-refractivity contribution in [2.45, 2.75) is 0 Å². The van der Waals surface area contributed by atoms with Gasteiger partial charge in [-0.2, -0.15) is 20.5 Å². The largest absolute Gasteiger partial charge is 0.302 e. The summed E-state index contributed by atoms with van der Waals surface area (Å²) in [6.07, 6.45) is -0.651. The van der Waals surface area contributed by atoms with Crippen LogP contribution in [-0.4, -0.2) is 12.0 Å². The van der Waals surface area contributed by atoms with Gasteiger partial charge in [0.15, 0.2) is 5.83 Å². The van der Waals surface area contributed by atoms with Crippen molar-refractivity contribution < 1.29 is 13.2 Å². The van der Waals surface area contributed by atoms with E-state index < -0.39 is 11.9 Å². The quantitative estimate of drug-likeness (QED) is 0.570. The molecule has 0 N–H and O–H groups in total. The predicted molar refractivity (Wildman–Crippen MR) is 28.7 cm³/mol. The standard InChI is InChI=1S/C4H5F3S/c1-8-2-3(5)4(6)7/h2H2,1H3. The fourth-order valence-electron chi connectivity index (χ4n) is 0.181. The summed E-state index contributed by atoms with van der Waals surface area (Å²) in [5.74, 6) is -1.56. The molecule has 0 aromatic carbocycles. The Labute approximate surface area is 49.8 Å². The van der Waals surface area contributed by atoms with Crippen LogP contribution in [0.3, 0.4) is 0 Å². The molecule has 0 spiro atoms. The average molecular weight is 142 g/mol. The molecule has 0 aliphatic carbocycles. The monoisotopic (exact) mass is 142 g/mol. The van der Waals surface area contributed by atoms with Crippen molar-refractivity contribution in [2.75, 3.05) is 12.0 Å². The predicted octanol–water partition coefficient (Wildman–Crippen LogP) is 2.43. The van der Waals surface area contributed by atoms with Gasteiger partial charge in [-0.15, -0.1) is 0 Å². The molecule has 4 heteroatoms. The van der Waals surface area contributed by atoms with Gasteiger partial charge in [0.2, 0.25) is 0 Å². The van der Waals surface area contributed by atoms with E-state index in [1.165, 1.54) is 0 Å². The van der Waals surface area contributed by atoms with Crippen molar-refractivity contribution in [3.8, 4) is 0 Å². The second-order valence-corrected chi connectivity index (χ2v) is 1.96. The highest BCUT2D eigenvalue weighted by atomic mass is 32.2. The Hall–Kier alpha value is -0.120. The van der Waals surface area contributed by atoms with Crippen LogP contribution < -0.4 is 0 Å². The zero-order valence-electron chi connectivity index (χ0n) is 4.25. The van der Waals surface area contributed by atoms with Gasteiger partial charge in [-0.1, -0.05) is 0 Å². The van der Waals surface area contributed by atoms with Crippen molar-refractivity contribution in [1.82, 2.24) is 0 Å². The fraction of sp³-hybridized carbons (Fsp3) is 0.500. The minimum absolute atomic E-state index is 0.234. The Morgan fingerprint density at radius 2 is 1.88 bits per heavy atom. The van der Waals surface area contributed by atoms with Crippen molar-refractivity contribution in [3.63, 3.8) is 0 Å². The van der Waals surface area contributed by atoms with Gasteiger partial charge in [-0.05, 0) is 6.26 Å². The third-order valence-electron chi connectivity index (χ3n) is 0.476. The molecule has 0 aliphatic heterocycles. The van der Waals surface area contributed by atoms with E-state index in [4.69, 9.17) is 0 Å². The van der Waals surface area contributed by atoms with E-state index in [1.807, 2.05) is 0 Å². The van der Waals surface area contributed by atoms with E-state index >= 15 is 0 Å². The summed E-state index contributed by atoms with van der Waals surface area (Å²) < 4.78 is 33.8. The van der Waals surface area contributed by atoms with Crippen LogP contribution in [0, 0.1) is 0 Å². The summed E-state index contributed by atoms with van der Waals surface area (Å²) in [7, 11) is 0. The lowest BCUT2D eigenvalue weighted by molar-refractivity contribution is 0.381. The van der Waals surface area contributed by atoms with E-state index in [1.54, 1.807) is 6.26 Å². The Morgan fingerprint density at radius 1 is 1.38 bits per heavy atom. The molecular weight excluding hydrogens is 137 g/mol. The minimum Gasteiger partial charge on any atom is -0.205 e. The van der Waals surface area contributed by atoms with Crippen LogP contribution >= 0.6 is 11.8 Å².